The summed E-state index contributed by atoms with van der Waals surface area (Å²) in [5.41, 5.74) is 3.51. The van der Waals surface area contributed by atoms with Gasteiger partial charge in [0.05, 0.1) is 19.7 Å². The number of halogens is 1. The first-order valence-electron chi connectivity index (χ1n) is 10.5. The van der Waals surface area contributed by atoms with E-state index in [4.69, 9.17) is 9.73 Å². The third-order valence-corrected chi connectivity index (χ3v) is 4.69. The van der Waals surface area contributed by atoms with Gasteiger partial charge in [-0.1, -0.05) is 42.5 Å². The molecule has 0 aliphatic heterocycles. The fourth-order valence-electron chi connectivity index (χ4n) is 3.18. The second-order valence-corrected chi connectivity index (χ2v) is 7.05. The van der Waals surface area contributed by atoms with Crippen molar-refractivity contribution in [1.29, 1.82) is 0 Å². The standard InChI is InChI=1S/C24H31N5O.HI/c1-4-25-24(27-16-21-12-11-19(3)15-22(21)30-5-2)28-17-23-26-13-14-29(23)18-20-9-7-6-8-10-20;/h6-15H,4-5,16-18H2,1-3H3,(H2,25,27,28);1H. The molecule has 7 heteroatoms. The van der Waals surface area contributed by atoms with Gasteiger partial charge in [0.15, 0.2) is 5.96 Å². The molecule has 0 spiro atoms. The number of aliphatic imine (C=N–C) groups is 1. The number of aromatic nitrogens is 2. The van der Waals surface area contributed by atoms with Crippen LogP contribution < -0.4 is 15.4 Å². The van der Waals surface area contributed by atoms with E-state index >= 15 is 0 Å². The van der Waals surface area contributed by atoms with Crippen LogP contribution in [0.3, 0.4) is 0 Å². The molecule has 1 aromatic heterocycles. The van der Waals surface area contributed by atoms with E-state index in [1.807, 2.05) is 25.4 Å². The number of guanidine groups is 1. The number of nitrogens with one attached hydrogen (secondary N) is 2. The van der Waals surface area contributed by atoms with Crippen LogP contribution in [-0.2, 0) is 19.6 Å². The highest BCUT2D eigenvalue weighted by Gasteiger charge is 2.07. The molecule has 0 fully saturated rings. The van der Waals surface area contributed by atoms with Gasteiger partial charge in [-0.15, -0.1) is 24.0 Å². The van der Waals surface area contributed by atoms with Crippen LogP contribution in [-0.4, -0.2) is 28.7 Å². The van der Waals surface area contributed by atoms with E-state index in [9.17, 15) is 0 Å². The molecule has 2 N–H and O–H groups in total. The molecule has 0 bridgehead atoms. The Morgan fingerprint density at radius 3 is 2.65 bits per heavy atom. The van der Waals surface area contributed by atoms with Crippen LogP contribution in [0.5, 0.6) is 5.75 Å². The molecular weight excluding hydrogens is 501 g/mol. The summed E-state index contributed by atoms with van der Waals surface area (Å²) in [5, 5.41) is 6.71. The number of aryl methyl sites for hydroxylation is 1. The zero-order valence-electron chi connectivity index (χ0n) is 18.5. The van der Waals surface area contributed by atoms with Gasteiger partial charge in [0, 0.05) is 31.0 Å². The number of nitrogens with zero attached hydrogens (tertiary/aromatic N) is 3. The molecule has 166 valence electrons. The molecule has 1 heterocycles. The fourth-order valence-corrected chi connectivity index (χ4v) is 3.18. The van der Waals surface area contributed by atoms with E-state index in [-0.39, 0.29) is 24.0 Å². The molecule has 0 saturated heterocycles. The molecule has 0 aliphatic carbocycles. The van der Waals surface area contributed by atoms with Crippen molar-refractivity contribution in [2.45, 2.75) is 40.4 Å². The predicted octanol–water partition coefficient (Wildman–Crippen LogP) is 4.51. The Kier molecular flexibility index (Phi) is 10.4. The van der Waals surface area contributed by atoms with Crippen molar-refractivity contribution in [3.05, 3.63) is 83.4 Å². The fraction of sp³-hybridized carbons (Fsp3) is 0.333. The van der Waals surface area contributed by atoms with Crippen molar-refractivity contribution in [2.75, 3.05) is 13.2 Å². The van der Waals surface area contributed by atoms with Gasteiger partial charge in [0.1, 0.15) is 11.6 Å². The minimum Gasteiger partial charge on any atom is -0.494 e. The molecule has 31 heavy (non-hydrogen) atoms. The number of ether oxygens (including phenoxy) is 1. The monoisotopic (exact) mass is 533 g/mol. The van der Waals surface area contributed by atoms with Crippen LogP contribution in [0.15, 0.2) is 65.9 Å². The first-order chi connectivity index (χ1) is 14.7. The molecule has 0 aliphatic rings. The van der Waals surface area contributed by atoms with Crippen LogP contribution in [0.2, 0.25) is 0 Å². The molecular formula is C24H32IN5O. The lowest BCUT2D eigenvalue weighted by atomic mass is 10.1. The van der Waals surface area contributed by atoms with E-state index < -0.39 is 0 Å². The van der Waals surface area contributed by atoms with Crippen LogP contribution >= 0.6 is 24.0 Å². The van der Waals surface area contributed by atoms with Gasteiger partial charge in [-0.05, 0) is 38.0 Å². The van der Waals surface area contributed by atoms with Gasteiger partial charge in [-0.3, -0.25) is 0 Å². The summed E-state index contributed by atoms with van der Waals surface area (Å²) < 4.78 is 7.93. The van der Waals surface area contributed by atoms with Crippen LogP contribution in [0, 0.1) is 6.92 Å². The summed E-state index contributed by atoms with van der Waals surface area (Å²) in [5.74, 6) is 2.63. The van der Waals surface area contributed by atoms with Gasteiger partial charge in [-0.2, -0.15) is 0 Å². The zero-order valence-corrected chi connectivity index (χ0v) is 20.8. The van der Waals surface area contributed by atoms with E-state index in [0.29, 0.717) is 19.7 Å². The Hall–Kier alpha value is -2.55. The smallest absolute Gasteiger partial charge is 0.191 e. The van der Waals surface area contributed by atoms with Gasteiger partial charge in [-0.25, -0.2) is 9.98 Å². The highest BCUT2D eigenvalue weighted by Crippen LogP contribution is 2.21. The quantitative estimate of drug-likeness (QED) is 0.242. The molecule has 0 radical (unpaired) electrons. The topological polar surface area (TPSA) is 63.5 Å². The number of hydrogen-bond acceptors (Lipinski definition) is 3. The van der Waals surface area contributed by atoms with Crippen molar-refractivity contribution in [2.24, 2.45) is 4.99 Å². The molecule has 0 amide bonds. The van der Waals surface area contributed by atoms with Crippen molar-refractivity contribution >= 4 is 29.9 Å². The lowest BCUT2D eigenvalue weighted by molar-refractivity contribution is 0.336. The summed E-state index contributed by atoms with van der Waals surface area (Å²) in [6.45, 7) is 9.50. The molecule has 3 rings (SSSR count). The second kappa shape index (κ2) is 13.0. The predicted molar refractivity (Wildman–Crippen MR) is 137 cm³/mol. The third kappa shape index (κ3) is 7.57. The summed E-state index contributed by atoms with van der Waals surface area (Å²) in [6, 6.07) is 16.6. The zero-order chi connectivity index (χ0) is 21.2. The van der Waals surface area contributed by atoms with Gasteiger partial charge in [0.2, 0.25) is 0 Å². The Labute approximate surface area is 202 Å². The SMILES string of the molecule is CCNC(=NCc1ccc(C)cc1OCC)NCc1nccn1Cc1ccccc1.I. The normalized spacial score (nSPS) is 11.0. The average molecular weight is 533 g/mol. The summed E-state index contributed by atoms with van der Waals surface area (Å²) >= 11 is 0. The highest BCUT2D eigenvalue weighted by molar-refractivity contribution is 14.0. The Balaban J connectivity index is 0.00000341. The Bertz CT molecular complexity index is 956. The second-order valence-electron chi connectivity index (χ2n) is 7.05. The summed E-state index contributed by atoms with van der Waals surface area (Å²) in [4.78, 5) is 9.26. The van der Waals surface area contributed by atoms with E-state index in [2.05, 4.69) is 76.5 Å². The number of imidazole rings is 1. The van der Waals surface area contributed by atoms with Crippen molar-refractivity contribution < 1.29 is 4.74 Å². The van der Waals surface area contributed by atoms with E-state index in [1.54, 1.807) is 0 Å². The maximum Gasteiger partial charge on any atom is 0.191 e. The highest BCUT2D eigenvalue weighted by atomic mass is 127. The third-order valence-electron chi connectivity index (χ3n) is 4.69. The molecule has 0 unspecified atom stereocenters. The van der Waals surface area contributed by atoms with Crippen LogP contribution in [0.25, 0.3) is 0 Å². The molecule has 0 saturated carbocycles. The van der Waals surface area contributed by atoms with E-state index in [0.717, 1.165) is 36.2 Å². The van der Waals surface area contributed by atoms with Crippen molar-refractivity contribution in [3.8, 4) is 5.75 Å². The van der Waals surface area contributed by atoms with Crippen LogP contribution in [0.1, 0.15) is 36.4 Å². The molecule has 2 aromatic carbocycles. The minimum absolute atomic E-state index is 0. The lowest BCUT2D eigenvalue weighted by Gasteiger charge is -2.14. The van der Waals surface area contributed by atoms with Gasteiger partial charge < -0.3 is 19.9 Å². The van der Waals surface area contributed by atoms with Gasteiger partial charge >= 0.3 is 0 Å². The Morgan fingerprint density at radius 2 is 1.90 bits per heavy atom. The summed E-state index contributed by atoms with van der Waals surface area (Å²) in [6.07, 6.45) is 3.85. The average Bonchev–Trinajstić information content (AvgIpc) is 3.19. The molecule has 3 aromatic rings. The van der Waals surface area contributed by atoms with Gasteiger partial charge in [0.25, 0.3) is 0 Å². The van der Waals surface area contributed by atoms with E-state index in [1.165, 1.54) is 11.1 Å². The number of benzene rings is 2. The van der Waals surface area contributed by atoms with Crippen molar-refractivity contribution in [1.82, 2.24) is 20.2 Å². The maximum absolute atomic E-state index is 5.78. The maximum atomic E-state index is 5.78. The first kappa shape index (κ1) is 24.7. The van der Waals surface area contributed by atoms with Crippen molar-refractivity contribution in [3.63, 3.8) is 0 Å². The number of hydrogen-bond donors (Lipinski definition) is 2. The summed E-state index contributed by atoms with van der Waals surface area (Å²) in [7, 11) is 0. The largest absolute Gasteiger partial charge is 0.494 e. The number of rotatable bonds is 9. The van der Waals surface area contributed by atoms with Crippen LogP contribution in [0.4, 0.5) is 0 Å². The molecule has 0 atom stereocenters. The minimum atomic E-state index is 0. The first-order valence-corrected chi connectivity index (χ1v) is 10.5. The molecule has 6 nitrogen and oxygen atoms in total. The Morgan fingerprint density at radius 1 is 1.10 bits per heavy atom. The lowest BCUT2D eigenvalue weighted by Crippen LogP contribution is -2.37.